The first-order valence-corrected chi connectivity index (χ1v) is 6.24. The Kier molecular flexibility index (Phi) is 3.06. The lowest BCUT2D eigenvalue weighted by Crippen LogP contribution is -2.10. The Morgan fingerprint density at radius 1 is 1.15 bits per heavy atom. The van der Waals surface area contributed by atoms with Gasteiger partial charge in [-0.15, -0.1) is 0 Å². The van der Waals surface area contributed by atoms with Gasteiger partial charge >= 0.3 is 0 Å². The van der Waals surface area contributed by atoms with Crippen LogP contribution < -0.4 is 9.64 Å². The lowest BCUT2D eigenvalue weighted by molar-refractivity contribution is 0.414. The zero-order valence-electron chi connectivity index (χ0n) is 11.3. The summed E-state index contributed by atoms with van der Waals surface area (Å²) in [6.45, 7) is 0. The Labute approximate surface area is 116 Å². The van der Waals surface area contributed by atoms with Crippen LogP contribution in [0.2, 0.25) is 0 Å². The summed E-state index contributed by atoms with van der Waals surface area (Å²) >= 11 is 0. The smallest absolute Gasteiger partial charge is 0.207 e. The Bertz CT molecular complexity index is 751. The van der Waals surface area contributed by atoms with Crippen LogP contribution in [0.4, 0.5) is 16.0 Å². The number of benzene rings is 2. The van der Waals surface area contributed by atoms with Gasteiger partial charge in [0.25, 0.3) is 0 Å². The number of fused-ring (bicyclic) bond motifs is 1. The minimum Gasteiger partial charge on any atom is -0.495 e. The van der Waals surface area contributed by atoms with Gasteiger partial charge in [0.2, 0.25) is 5.88 Å². The lowest BCUT2D eigenvalue weighted by Gasteiger charge is -2.19. The number of methoxy groups -OCH3 is 1. The van der Waals surface area contributed by atoms with Crippen molar-refractivity contribution in [3.63, 3.8) is 0 Å². The summed E-state index contributed by atoms with van der Waals surface area (Å²) in [7, 11) is 3.38. The molecule has 102 valence electrons. The average Bonchev–Trinajstić information content (AvgIpc) is 2.90. The normalized spacial score (nSPS) is 10.8. The Balaban J connectivity index is 2.13. The molecule has 0 saturated heterocycles. The molecule has 1 heterocycles. The van der Waals surface area contributed by atoms with E-state index in [0.717, 1.165) is 10.8 Å². The van der Waals surface area contributed by atoms with Gasteiger partial charge in [-0.25, -0.2) is 4.39 Å². The molecule has 2 aromatic carbocycles. The van der Waals surface area contributed by atoms with Crippen molar-refractivity contribution in [1.82, 2.24) is 0 Å². The highest BCUT2D eigenvalue weighted by Gasteiger charge is 2.16. The molecule has 0 fully saturated rings. The van der Waals surface area contributed by atoms with Crippen LogP contribution in [0, 0.1) is 5.82 Å². The molecule has 0 aliphatic carbocycles. The summed E-state index contributed by atoms with van der Waals surface area (Å²) in [4.78, 5) is 1.78. The predicted octanol–water partition coefficient (Wildman–Crippen LogP) is 4.35. The third-order valence-electron chi connectivity index (χ3n) is 3.30. The molecule has 0 aliphatic rings. The summed E-state index contributed by atoms with van der Waals surface area (Å²) in [6.07, 6.45) is 1.69. The third-order valence-corrected chi connectivity index (χ3v) is 3.30. The van der Waals surface area contributed by atoms with E-state index in [1.165, 1.54) is 12.1 Å². The van der Waals surface area contributed by atoms with Crippen LogP contribution in [0.5, 0.6) is 5.75 Å². The highest BCUT2D eigenvalue weighted by molar-refractivity contribution is 5.93. The molecule has 20 heavy (non-hydrogen) atoms. The highest BCUT2D eigenvalue weighted by atomic mass is 19.1. The zero-order chi connectivity index (χ0) is 14.1. The summed E-state index contributed by atoms with van der Waals surface area (Å²) < 4.78 is 24.4. The fourth-order valence-corrected chi connectivity index (χ4v) is 2.27. The molecule has 0 atom stereocenters. The molecule has 0 spiro atoms. The zero-order valence-corrected chi connectivity index (χ0v) is 11.3. The van der Waals surface area contributed by atoms with Crippen molar-refractivity contribution in [2.75, 3.05) is 19.1 Å². The van der Waals surface area contributed by atoms with Gasteiger partial charge in [0, 0.05) is 23.9 Å². The number of hydrogen-bond donors (Lipinski definition) is 0. The van der Waals surface area contributed by atoms with E-state index in [1.807, 2.05) is 31.3 Å². The topological polar surface area (TPSA) is 25.6 Å². The molecule has 0 radical (unpaired) electrons. The van der Waals surface area contributed by atoms with E-state index in [0.29, 0.717) is 17.3 Å². The van der Waals surface area contributed by atoms with Crippen LogP contribution in [0.3, 0.4) is 0 Å². The molecule has 0 N–H and O–H groups in total. The molecule has 0 amide bonds. The first-order chi connectivity index (χ1) is 9.70. The SMILES string of the molecule is COc1ccc(F)cc1N(C)c1occ2ccccc12. The number of rotatable bonds is 3. The molecular weight excluding hydrogens is 257 g/mol. The second-order valence-corrected chi connectivity index (χ2v) is 4.50. The highest BCUT2D eigenvalue weighted by Crippen LogP contribution is 2.37. The van der Waals surface area contributed by atoms with E-state index in [4.69, 9.17) is 9.15 Å². The first kappa shape index (κ1) is 12.5. The van der Waals surface area contributed by atoms with Crippen molar-refractivity contribution >= 4 is 22.3 Å². The van der Waals surface area contributed by atoms with Crippen molar-refractivity contribution in [2.24, 2.45) is 0 Å². The van der Waals surface area contributed by atoms with Gasteiger partial charge in [-0.3, -0.25) is 0 Å². The number of ether oxygens (including phenoxy) is 1. The number of furan rings is 1. The molecule has 1 aromatic heterocycles. The van der Waals surface area contributed by atoms with E-state index in [-0.39, 0.29) is 5.82 Å². The van der Waals surface area contributed by atoms with Gasteiger partial charge < -0.3 is 14.1 Å². The van der Waals surface area contributed by atoms with Crippen LogP contribution >= 0.6 is 0 Å². The Hall–Kier alpha value is -2.49. The number of hydrogen-bond acceptors (Lipinski definition) is 3. The summed E-state index contributed by atoms with van der Waals surface area (Å²) in [6, 6.07) is 12.2. The molecule has 0 unspecified atom stereocenters. The molecule has 3 nitrogen and oxygen atoms in total. The van der Waals surface area contributed by atoms with E-state index in [1.54, 1.807) is 24.3 Å². The summed E-state index contributed by atoms with van der Waals surface area (Å²) in [5.41, 5.74) is 0.618. The summed E-state index contributed by atoms with van der Waals surface area (Å²) in [5.74, 6) is 0.933. The fraction of sp³-hybridized carbons (Fsp3) is 0.125. The van der Waals surface area contributed by atoms with Gasteiger partial charge in [-0.2, -0.15) is 0 Å². The number of nitrogens with zero attached hydrogens (tertiary/aromatic N) is 1. The van der Waals surface area contributed by atoms with Crippen molar-refractivity contribution < 1.29 is 13.5 Å². The van der Waals surface area contributed by atoms with Crippen LogP contribution in [-0.2, 0) is 0 Å². The maximum absolute atomic E-state index is 13.5. The molecule has 3 aromatic rings. The van der Waals surface area contributed by atoms with Crippen molar-refractivity contribution in [1.29, 1.82) is 0 Å². The Morgan fingerprint density at radius 2 is 1.95 bits per heavy atom. The number of halogens is 1. The standard InChI is InChI=1S/C16H14FNO2/c1-18(14-9-12(17)7-8-15(14)19-2)16-13-6-4-3-5-11(13)10-20-16/h3-10H,1-2H3. The number of anilines is 2. The largest absolute Gasteiger partial charge is 0.495 e. The monoisotopic (exact) mass is 271 g/mol. The van der Waals surface area contributed by atoms with Gasteiger partial charge in [-0.05, 0) is 18.2 Å². The van der Waals surface area contributed by atoms with Crippen molar-refractivity contribution in [2.45, 2.75) is 0 Å². The maximum Gasteiger partial charge on any atom is 0.207 e. The van der Waals surface area contributed by atoms with Crippen LogP contribution in [0.1, 0.15) is 0 Å². The molecule has 0 bridgehead atoms. The first-order valence-electron chi connectivity index (χ1n) is 6.24. The average molecular weight is 271 g/mol. The van der Waals surface area contributed by atoms with E-state index in [2.05, 4.69) is 0 Å². The summed E-state index contributed by atoms with van der Waals surface area (Å²) in [5, 5.41) is 1.98. The lowest BCUT2D eigenvalue weighted by atomic mass is 10.2. The second kappa shape index (κ2) is 4.89. The van der Waals surface area contributed by atoms with E-state index >= 15 is 0 Å². The minimum absolute atomic E-state index is 0.316. The van der Waals surface area contributed by atoms with E-state index in [9.17, 15) is 4.39 Å². The van der Waals surface area contributed by atoms with E-state index < -0.39 is 0 Å². The molecule has 0 aliphatic heterocycles. The predicted molar refractivity (Wildman–Crippen MR) is 77.2 cm³/mol. The van der Waals surface area contributed by atoms with Gasteiger partial charge in [0.05, 0.1) is 12.8 Å². The van der Waals surface area contributed by atoms with Gasteiger partial charge in [-0.1, -0.05) is 18.2 Å². The van der Waals surface area contributed by atoms with Crippen LogP contribution in [-0.4, -0.2) is 14.2 Å². The Morgan fingerprint density at radius 3 is 2.75 bits per heavy atom. The second-order valence-electron chi connectivity index (χ2n) is 4.50. The molecule has 3 rings (SSSR count). The quantitative estimate of drug-likeness (QED) is 0.708. The fourth-order valence-electron chi connectivity index (χ4n) is 2.27. The van der Waals surface area contributed by atoms with Crippen molar-refractivity contribution in [3.05, 3.63) is 54.5 Å². The van der Waals surface area contributed by atoms with Gasteiger partial charge in [0.15, 0.2) is 0 Å². The minimum atomic E-state index is -0.316. The van der Waals surface area contributed by atoms with Crippen LogP contribution in [0.15, 0.2) is 53.1 Å². The van der Waals surface area contributed by atoms with Crippen LogP contribution in [0.25, 0.3) is 10.8 Å². The molecule has 0 saturated carbocycles. The van der Waals surface area contributed by atoms with Gasteiger partial charge in [0.1, 0.15) is 17.8 Å². The molecular formula is C16H14FNO2. The maximum atomic E-state index is 13.5. The van der Waals surface area contributed by atoms with Crippen molar-refractivity contribution in [3.8, 4) is 5.75 Å². The molecule has 4 heteroatoms. The third kappa shape index (κ3) is 1.99.